The highest BCUT2D eigenvalue weighted by molar-refractivity contribution is 5.85. The molecular formula is C8H16ClNO3. The van der Waals surface area contributed by atoms with Crippen LogP contribution in [-0.4, -0.2) is 29.3 Å². The third kappa shape index (κ3) is 3.50. The van der Waals surface area contributed by atoms with E-state index in [1.807, 2.05) is 0 Å². The molecule has 3 N–H and O–H groups in total. The molecule has 1 atom stereocenters. The van der Waals surface area contributed by atoms with Gasteiger partial charge in [0.05, 0.1) is 12.7 Å². The summed E-state index contributed by atoms with van der Waals surface area (Å²) in [4.78, 5) is 10.5. The molecular weight excluding hydrogens is 194 g/mol. The molecule has 0 aromatic carbocycles. The van der Waals surface area contributed by atoms with Gasteiger partial charge in [0, 0.05) is 0 Å². The van der Waals surface area contributed by atoms with Gasteiger partial charge in [0.1, 0.15) is 5.54 Å². The van der Waals surface area contributed by atoms with Crippen molar-refractivity contribution in [2.24, 2.45) is 5.73 Å². The van der Waals surface area contributed by atoms with E-state index < -0.39 is 11.5 Å². The first kappa shape index (κ1) is 12.7. The molecule has 0 aliphatic heterocycles. The molecule has 5 heteroatoms. The maximum absolute atomic E-state index is 10.5. The molecule has 0 amide bonds. The average Bonchev–Trinajstić information content (AvgIpc) is 1.83. The molecule has 0 radical (unpaired) electrons. The first-order valence-electron chi connectivity index (χ1n) is 4.16. The van der Waals surface area contributed by atoms with Crippen molar-refractivity contribution < 1.29 is 14.6 Å². The summed E-state index contributed by atoms with van der Waals surface area (Å²) in [5.41, 5.74) is 4.22. The van der Waals surface area contributed by atoms with Crippen LogP contribution in [0.4, 0.5) is 0 Å². The summed E-state index contributed by atoms with van der Waals surface area (Å²) in [6.45, 7) is 1.57. The van der Waals surface area contributed by atoms with Gasteiger partial charge in [-0.05, 0) is 26.2 Å². The highest BCUT2D eigenvalue weighted by Gasteiger charge is 2.30. The predicted molar refractivity (Wildman–Crippen MR) is 51.1 cm³/mol. The van der Waals surface area contributed by atoms with Crippen molar-refractivity contribution in [1.82, 2.24) is 0 Å². The molecule has 1 fully saturated rings. The van der Waals surface area contributed by atoms with Crippen LogP contribution in [0.5, 0.6) is 0 Å². The maximum Gasteiger partial charge on any atom is 0.325 e. The Morgan fingerprint density at radius 3 is 2.54 bits per heavy atom. The van der Waals surface area contributed by atoms with Crippen molar-refractivity contribution in [3.8, 4) is 0 Å². The molecule has 1 unspecified atom stereocenters. The maximum atomic E-state index is 10.5. The summed E-state index contributed by atoms with van der Waals surface area (Å²) in [7, 11) is 0. The molecule has 1 aliphatic carbocycles. The minimum absolute atomic E-state index is 0. The number of aliphatic carboxylic acids is 1. The first-order valence-corrected chi connectivity index (χ1v) is 4.16. The Labute approximate surface area is 83.9 Å². The molecule has 78 valence electrons. The van der Waals surface area contributed by atoms with Crippen LogP contribution in [0.1, 0.15) is 26.2 Å². The fraction of sp³-hybridized carbons (Fsp3) is 0.875. The van der Waals surface area contributed by atoms with Crippen molar-refractivity contribution in [1.29, 1.82) is 0 Å². The molecule has 0 aromatic rings. The van der Waals surface area contributed by atoms with Gasteiger partial charge in [-0.3, -0.25) is 4.79 Å². The highest BCUT2D eigenvalue weighted by atomic mass is 35.5. The van der Waals surface area contributed by atoms with E-state index in [4.69, 9.17) is 15.6 Å². The first-order chi connectivity index (χ1) is 5.52. The van der Waals surface area contributed by atoms with Crippen LogP contribution < -0.4 is 5.73 Å². The Balaban J connectivity index is 0.00000144. The quantitative estimate of drug-likeness (QED) is 0.718. The summed E-state index contributed by atoms with van der Waals surface area (Å²) in [6, 6.07) is 0. The second-order valence-corrected chi connectivity index (χ2v) is 3.59. The Bertz CT molecular complexity index is 180. The van der Waals surface area contributed by atoms with E-state index in [1.165, 1.54) is 13.3 Å². The van der Waals surface area contributed by atoms with Gasteiger partial charge < -0.3 is 15.6 Å². The van der Waals surface area contributed by atoms with E-state index in [1.54, 1.807) is 0 Å². The summed E-state index contributed by atoms with van der Waals surface area (Å²) >= 11 is 0. The Morgan fingerprint density at radius 2 is 2.23 bits per heavy atom. The van der Waals surface area contributed by atoms with E-state index in [0.29, 0.717) is 0 Å². The Kier molecular flexibility index (Phi) is 4.67. The van der Waals surface area contributed by atoms with E-state index in [9.17, 15) is 4.79 Å². The summed E-state index contributed by atoms with van der Waals surface area (Å²) in [5.74, 6) is -1.01. The molecule has 0 spiro atoms. The molecule has 0 bridgehead atoms. The molecule has 4 nitrogen and oxygen atoms in total. The van der Waals surface area contributed by atoms with E-state index in [-0.39, 0.29) is 25.1 Å². The molecule has 1 rings (SSSR count). The second-order valence-electron chi connectivity index (χ2n) is 3.59. The van der Waals surface area contributed by atoms with E-state index in [2.05, 4.69) is 0 Å². The monoisotopic (exact) mass is 209 g/mol. The van der Waals surface area contributed by atoms with Crippen LogP contribution in [0.3, 0.4) is 0 Å². The van der Waals surface area contributed by atoms with Crippen LogP contribution in [0.15, 0.2) is 0 Å². The van der Waals surface area contributed by atoms with Crippen LogP contribution >= 0.6 is 12.4 Å². The van der Waals surface area contributed by atoms with Crippen molar-refractivity contribution in [3.05, 3.63) is 0 Å². The minimum atomic E-state index is -1.24. The number of hydrogen-bond donors (Lipinski definition) is 2. The lowest BCUT2D eigenvalue weighted by atomic mass is 9.96. The number of carbonyl (C=O) groups is 1. The summed E-state index contributed by atoms with van der Waals surface area (Å²) in [5, 5.41) is 8.64. The molecule has 0 aromatic heterocycles. The third-order valence-electron chi connectivity index (χ3n) is 2.16. The van der Waals surface area contributed by atoms with Crippen molar-refractivity contribution in [2.45, 2.75) is 37.8 Å². The van der Waals surface area contributed by atoms with Crippen molar-refractivity contribution in [2.75, 3.05) is 6.61 Å². The Morgan fingerprint density at radius 1 is 1.69 bits per heavy atom. The third-order valence-corrected chi connectivity index (χ3v) is 2.16. The van der Waals surface area contributed by atoms with Gasteiger partial charge in [0.25, 0.3) is 0 Å². The van der Waals surface area contributed by atoms with Gasteiger partial charge >= 0.3 is 5.97 Å². The zero-order chi connectivity index (χ0) is 9.19. The van der Waals surface area contributed by atoms with Crippen LogP contribution in [-0.2, 0) is 9.53 Å². The minimum Gasteiger partial charge on any atom is -0.480 e. The van der Waals surface area contributed by atoms with Crippen LogP contribution in [0.25, 0.3) is 0 Å². The van der Waals surface area contributed by atoms with Gasteiger partial charge in [-0.2, -0.15) is 0 Å². The lowest BCUT2D eigenvalue weighted by Gasteiger charge is -2.29. The number of ether oxygens (including phenoxy) is 1. The molecule has 1 saturated carbocycles. The average molecular weight is 210 g/mol. The van der Waals surface area contributed by atoms with Crippen molar-refractivity contribution >= 4 is 18.4 Å². The largest absolute Gasteiger partial charge is 0.480 e. The normalized spacial score (nSPS) is 21.1. The number of nitrogens with two attached hydrogens (primary N) is 1. The number of carboxylic acids is 1. The fourth-order valence-corrected chi connectivity index (χ4v) is 0.890. The van der Waals surface area contributed by atoms with Crippen molar-refractivity contribution in [3.63, 3.8) is 0 Å². The van der Waals surface area contributed by atoms with E-state index in [0.717, 1.165) is 12.8 Å². The lowest BCUT2D eigenvalue weighted by molar-refractivity contribution is -0.146. The summed E-state index contributed by atoms with van der Waals surface area (Å²) < 4.78 is 5.30. The Hall–Kier alpha value is -0.320. The second kappa shape index (κ2) is 4.79. The van der Waals surface area contributed by atoms with E-state index >= 15 is 0 Å². The van der Waals surface area contributed by atoms with Gasteiger partial charge in [-0.1, -0.05) is 0 Å². The fourth-order valence-electron chi connectivity index (χ4n) is 0.890. The number of rotatable bonds is 4. The predicted octanol–water partition coefficient (Wildman–Crippen LogP) is 0.779. The van der Waals surface area contributed by atoms with Crippen LogP contribution in [0.2, 0.25) is 0 Å². The number of carboxylic acid groups (broad SMARTS) is 1. The smallest absolute Gasteiger partial charge is 0.325 e. The highest BCUT2D eigenvalue weighted by Crippen LogP contribution is 2.22. The summed E-state index contributed by atoms with van der Waals surface area (Å²) in [6.07, 6.45) is 3.50. The lowest BCUT2D eigenvalue weighted by Crippen LogP contribution is -2.50. The van der Waals surface area contributed by atoms with Gasteiger partial charge in [0.15, 0.2) is 0 Å². The molecule has 1 aliphatic rings. The molecule has 0 saturated heterocycles. The molecule has 0 heterocycles. The van der Waals surface area contributed by atoms with Gasteiger partial charge in [-0.15, -0.1) is 12.4 Å². The van der Waals surface area contributed by atoms with Gasteiger partial charge in [0.2, 0.25) is 0 Å². The zero-order valence-corrected chi connectivity index (χ0v) is 8.47. The van der Waals surface area contributed by atoms with Gasteiger partial charge in [-0.25, -0.2) is 0 Å². The number of hydrogen-bond acceptors (Lipinski definition) is 3. The standard InChI is InChI=1S/C8H15NO3.ClH/c1-8(9,7(10)11)5-12-6-3-2-4-6;/h6H,2-5,9H2,1H3,(H,10,11);1H. The molecule has 13 heavy (non-hydrogen) atoms. The SMILES string of the molecule is CC(N)(COC1CCC1)C(=O)O.Cl. The topological polar surface area (TPSA) is 72.5 Å². The van der Waals surface area contributed by atoms with Crippen LogP contribution in [0, 0.1) is 0 Å². The number of halogens is 1. The zero-order valence-electron chi connectivity index (χ0n) is 7.66.